The molecule has 2 heterocycles. The molecule has 4 rings (SSSR count). The number of benzene rings is 1. The van der Waals surface area contributed by atoms with Crippen LogP contribution in [-0.2, 0) is 0 Å². The van der Waals surface area contributed by atoms with Gasteiger partial charge in [-0.2, -0.15) is 0 Å². The molecule has 0 radical (unpaired) electrons. The number of nitrogens with zero attached hydrogens (tertiary/aromatic N) is 2. The first-order valence-corrected chi connectivity index (χ1v) is 9.22. The minimum atomic E-state index is -1.81. The summed E-state index contributed by atoms with van der Waals surface area (Å²) in [6.45, 7) is 0. The van der Waals surface area contributed by atoms with Crippen LogP contribution in [0.25, 0.3) is 10.9 Å². The summed E-state index contributed by atoms with van der Waals surface area (Å²) in [5.74, 6) is -6.54. The first-order chi connectivity index (χ1) is 12.9. The van der Waals surface area contributed by atoms with Gasteiger partial charge in [-0.3, -0.25) is 19.9 Å². The number of carboxylic acid groups (broad SMARTS) is 1. The number of amidine groups is 1. The van der Waals surface area contributed by atoms with E-state index in [0.29, 0.717) is 0 Å². The Morgan fingerprint density at radius 2 is 1.89 bits per heavy atom. The molecule has 0 bridgehead atoms. The van der Waals surface area contributed by atoms with Gasteiger partial charge >= 0.3 is 5.97 Å². The summed E-state index contributed by atoms with van der Waals surface area (Å²) in [5.41, 5.74) is 0.573. The van der Waals surface area contributed by atoms with E-state index in [2.05, 4.69) is 10.4 Å². The van der Waals surface area contributed by atoms with E-state index in [4.69, 9.17) is 0 Å². The summed E-state index contributed by atoms with van der Waals surface area (Å²) in [7, 11) is 0. The number of nitrogens with one attached hydrogen (secondary N) is 1. The van der Waals surface area contributed by atoms with Gasteiger partial charge in [-0.25, -0.2) is 18.0 Å². The van der Waals surface area contributed by atoms with Gasteiger partial charge in [-0.05, 0) is 24.6 Å². The molecule has 0 spiro atoms. The van der Waals surface area contributed by atoms with Gasteiger partial charge in [-0.1, -0.05) is 19.3 Å². The largest absolute Gasteiger partial charge is 0.477 e. The van der Waals surface area contributed by atoms with Crippen LogP contribution in [0.5, 0.6) is 0 Å². The molecule has 1 aromatic carbocycles. The molecule has 1 aliphatic heterocycles. The van der Waals surface area contributed by atoms with Gasteiger partial charge in [0.05, 0.1) is 21.8 Å². The quantitative estimate of drug-likeness (QED) is 0.759. The molecule has 0 amide bonds. The number of aliphatic imine (C=N–C) groups is 1. The van der Waals surface area contributed by atoms with E-state index >= 15 is 0 Å². The summed E-state index contributed by atoms with van der Waals surface area (Å²) >= 11 is 0.766. The zero-order valence-electron chi connectivity index (χ0n) is 13.9. The van der Waals surface area contributed by atoms with Gasteiger partial charge < -0.3 is 5.11 Å². The van der Waals surface area contributed by atoms with Gasteiger partial charge in [-0.15, -0.1) is 0 Å². The number of hydrogen-bond donors (Lipinski definition) is 2. The van der Waals surface area contributed by atoms with Crippen molar-refractivity contribution in [2.24, 2.45) is 4.99 Å². The molecule has 27 heavy (non-hydrogen) atoms. The van der Waals surface area contributed by atoms with E-state index in [0.717, 1.165) is 54.7 Å². The van der Waals surface area contributed by atoms with Crippen LogP contribution in [-0.4, -0.2) is 27.0 Å². The highest BCUT2D eigenvalue weighted by Gasteiger charge is 2.31. The summed E-state index contributed by atoms with van der Waals surface area (Å²) < 4.78 is 43.7. The van der Waals surface area contributed by atoms with Crippen molar-refractivity contribution in [3.63, 3.8) is 0 Å². The maximum absolute atomic E-state index is 14.4. The topological polar surface area (TPSA) is 83.7 Å². The average Bonchev–Trinajstić information content (AvgIpc) is 2.65. The summed E-state index contributed by atoms with van der Waals surface area (Å²) in [6.07, 6.45) is 5.80. The lowest BCUT2D eigenvalue weighted by Gasteiger charge is -2.25. The number of aromatic carboxylic acids is 1. The van der Waals surface area contributed by atoms with Crippen LogP contribution in [0.2, 0.25) is 0 Å². The molecular formula is C17H14F3N3O3S. The smallest absolute Gasteiger partial charge is 0.341 e. The first kappa shape index (κ1) is 17.9. The van der Waals surface area contributed by atoms with E-state index in [9.17, 15) is 27.9 Å². The Morgan fingerprint density at radius 3 is 2.56 bits per heavy atom. The molecule has 1 aromatic heterocycles. The maximum Gasteiger partial charge on any atom is 0.341 e. The molecule has 0 saturated heterocycles. The lowest BCUT2D eigenvalue weighted by atomic mass is 9.96. The molecule has 142 valence electrons. The SMILES string of the molecule is O=C(O)c1cn2c3c(c(F)c(F)c(F)c3c1=O)SC(=NC1CCCCC1)N2. The fraction of sp³-hybridized carbons (Fsp3) is 0.353. The maximum atomic E-state index is 14.4. The number of aromatic nitrogens is 1. The van der Waals surface area contributed by atoms with Crippen LogP contribution in [0.15, 0.2) is 20.9 Å². The zero-order chi connectivity index (χ0) is 19.3. The van der Waals surface area contributed by atoms with Gasteiger partial charge in [0.25, 0.3) is 0 Å². The van der Waals surface area contributed by atoms with Crippen LogP contribution in [0, 0.1) is 17.5 Å². The van der Waals surface area contributed by atoms with Crippen molar-refractivity contribution in [1.82, 2.24) is 4.68 Å². The first-order valence-electron chi connectivity index (χ1n) is 8.40. The van der Waals surface area contributed by atoms with Crippen molar-refractivity contribution < 1.29 is 23.1 Å². The van der Waals surface area contributed by atoms with E-state index < -0.39 is 39.8 Å². The highest BCUT2D eigenvalue weighted by atomic mass is 32.2. The third kappa shape index (κ3) is 2.88. The van der Waals surface area contributed by atoms with Gasteiger partial charge in [0.2, 0.25) is 5.43 Å². The van der Waals surface area contributed by atoms with Gasteiger partial charge in [0.1, 0.15) is 5.56 Å². The summed E-state index contributed by atoms with van der Waals surface area (Å²) in [6, 6.07) is 0.0115. The number of carboxylic acids is 1. The Kier molecular flexibility index (Phi) is 4.37. The van der Waals surface area contributed by atoms with Crippen molar-refractivity contribution in [2.45, 2.75) is 43.0 Å². The number of pyridine rings is 1. The van der Waals surface area contributed by atoms with E-state index in [1.165, 1.54) is 0 Å². The van der Waals surface area contributed by atoms with Crippen LogP contribution >= 0.6 is 11.8 Å². The van der Waals surface area contributed by atoms with Crippen molar-refractivity contribution in [3.05, 3.63) is 39.4 Å². The van der Waals surface area contributed by atoms with Crippen molar-refractivity contribution >= 4 is 33.8 Å². The Balaban J connectivity index is 1.95. The third-order valence-electron chi connectivity index (χ3n) is 4.75. The predicted octanol–water partition coefficient (Wildman–Crippen LogP) is 3.45. The second-order valence-electron chi connectivity index (χ2n) is 6.48. The van der Waals surface area contributed by atoms with E-state index in [1.54, 1.807) is 0 Å². The van der Waals surface area contributed by atoms with E-state index in [-0.39, 0.29) is 21.6 Å². The number of thioether (sulfide) groups is 1. The molecule has 2 aliphatic rings. The van der Waals surface area contributed by atoms with Crippen molar-refractivity contribution in [1.29, 1.82) is 0 Å². The normalized spacial score (nSPS) is 18.7. The second-order valence-corrected chi connectivity index (χ2v) is 7.48. The van der Waals surface area contributed by atoms with Crippen molar-refractivity contribution in [2.75, 3.05) is 5.43 Å². The third-order valence-corrected chi connectivity index (χ3v) is 5.71. The molecule has 1 fully saturated rings. The molecule has 1 saturated carbocycles. The molecular weight excluding hydrogens is 383 g/mol. The monoisotopic (exact) mass is 397 g/mol. The fourth-order valence-corrected chi connectivity index (χ4v) is 4.45. The molecule has 0 atom stereocenters. The molecule has 0 unspecified atom stereocenters. The lowest BCUT2D eigenvalue weighted by Crippen LogP contribution is -2.31. The average molecular weight is 397 g/mol. The summed E-state index contributed by atoms with van der Waals surface area (Å²) in [5, 5.41) is 8.64. The summed E-state index contributed by atoms with van der Waals surface area (Å²) in [4.78, 5) is 27.8. The molecule has 2 N–H and O–H groups in total. The number of halogens is 3. The van der Waals surface area contributed by atoms with Crippen LogP contribution in [0.4, 0.5) is 13.2 Å². The van der Waals surface area contributed by atoms with Gasteiger partial charge in [0, 0.05) is 6.20 Å². The molecule has 10 heteroatoms. The highest BCUT2D eigenvalue weighted by molar-refractivity contribution is 8.14. The standard InChI is InChI=1S/C17H14F3N3O3S/c18-10-9-13-15(12(20)11(10)19)27-17(21-7-4-2-1-3-5-7)22-23(13)6-8(14(9)24)16(25)26/h6-7H,1-5H2,(H,21,22)(H,25,26). The molecule has 1 aliphatic carbocycles. The Hall–Kier alpha value is -2.49. The Bertz CT molecular complexity index is 1060. The van der Waals surface area contributed by atoms with E-state index in [1.807, 2.05) is 0 Å². The zero-order valence-corrected chi connectivity index (χ0v) is 14.7. The Morgan fingerprint density at radius 1 is 1.19 bits per heavy atom. The Labute approximate surface area is 155 Å². The van der Waals surface area contributed by atoms with Crippen LogP contribution < -0.4 is 10.9 Å². The predicted molar refractivity (Wildman–Crippen MR) is 94.6 cm³/mol. The van der Waals surface area contributed by atoms with Crippen molar-refractivity contribution in [3.8, 4) is 0 Å². The van der Waals surface area contributed by atoms with Gasteiger partial charge in [0.15, 0.2) is 22.6 Å². The second kappa shape index (κ2) is 6.59. The minimum absolute atomic E-state index is 0.0115. The highest BCUT2D eigenvalue weighted by Crippen LogP contribution is 2.37. The molecule has 2 aromatic rings. The number of carbonyl (C=O) groups is 1. The number of rotatable bonds is 2. The minimum Gasteiger partial charge on any atom is -0.477 e. The fourth-order valence-electron chi connectivity index (χ4n) is 3.44. The number of hydrogen-bond acceptors (Lipinski definition) is 4. The van der Waals surface area contributed by atoms with Crippen LogP contribution in [0.3, 0.4) is 0 Å². The lowest BCUT2D eigenvalue weighted by molar-refractivity contribution is 0.0695. The molecule has 6 nitrogen and oxygen atoms in total. The van der Waals surface area contributed by atoms with Crippen LogP contribution in [0.1, 0.15) is 42.5 Å².